The first-order chi connectivity index (χ1) is 11.2. The Balaban J connectivity index is 4.83. The zero-order chi connectivity index (χ0) is 18.9. The Bertz CT molecular complexity index is 319. The number of ether oxygens (including phenoxy) is 3. The fourth-order valence-electron chi connectivity index (χ4n) is 1.73. The fourth-order valence-corrected chi connectivity index (χ4v) is 1.73. The highest BCUT2D eigenvalue weighted by molar-refractivity contribution is 4.79. The van der Waals surface area contributed by atoms with E-state index in [-0.39, 0.29) is 0 Å². The van der Waals surface area contributed by atoms with E-state index in [1.54, 1.807) is 0 Å². The number of aliphatic hydroxyl groups is 7. The van der Waals surface area contributed by atoms with Crippen molar-refractivity contribution < 1.29 is 50.0 Å². The second-order valence-corrected chi connectivity index (χ2v) is 5.30. The maximum atomic E-state index is 9.85. The first kappa shape index (κ1) is 23.6. The molecule has 11 nitrogen and oxygen atoms in total. The average Bonchev–Trinajstić information content (AvgIpc) is 2.55. The van der Waals surface area contributed by atoms with E-state index in [9.17, 15) is 20.4 Å². The van der Waals surface area contributed by atoms with Crippen LogP contribution < -0.4 is 5.73 Å². The summed E-state index contributed by atoms with van der Waals surface area (Å²) < 4.78 is 15.3. The Morgan fingerprint density at radius 2 is 1.50 bits per heavy atom. The van der Waals surface area contributed by atoms with E-state index in [1.165, 1.54) is 14.0 Å². The summed E-state index contributed by atoms with van der Waals surface area (Å²) in [5, 5.41) is 65.7. The summed E-state index contributed by atoms with van der Waals surface area (Å²) in [6.07, 6.45) is -11.3. The molecular formula is C13H29NO10. The summed E-state index contributed by atoms with van der Waals surface area (Å²) in [5.41, 5.74) is 5.07. The van der Waals surface area contributed by atoms with Crippen molar-refractivity contribution >= 4 is 0 Å². The van der Waals surface area contributed by atoms with E-state index in [2.05, 4.69) is 0 Å². The molecule has 0 aromatic rings. The van der Waals surface area contributed by atoms with Crippen LogP contribution in [0.3, 0.4) is 0 Å². The van der Waals surface area contributed by atoms with Gasteiger partial charge in [-0.25, -0.2) is 0 Å². The van der Waals surface area contributed by atoms with Crippen LogP contribution in [0.15, 0.2) is 0 Å². The predicted octanol–water partition coefficient (Wildman–Crippen LogP) is -4.55. The standard InChI is InChI=1S/C13H29NO10/c1-6(17)8(4-16)24-13(7(18)3-15)23-5-9(22-2)10(19)11(20)12(14)21/h6-13,15-21H,3-5,14H2,1-2H3. The van der Waals surface area contributed by atoms with Crippen LogP contribution in [0.25, 0.3) is 0 Å². The minimum Gasteiger partial charge on any atom is -0.394 e. The molecule has 0 bridgehead atoms. The summed E-state index contributed by atoms with van der Waals surface area (Å²) >= 11 is 0. The van der Waals surface area contributed by atoms with E-state index in [1.807, 2.05) is 0 Å². The van der Waals surface area contributed by atoms with Gasteiger partial charge in [-0.1, -0.05) is 0 Å². The molecule has 0 amide bonds. The van der Waals surface area contributed by atoms with Crippen molar-refractivity contribution in [2.45, 2.75) is 56.1 Å². The minimum atomic E-state index is -1.71. The molecule has 0 spiro atoms. The molecule has 0 aromatic heterocycles. The normalized spacial score (nSPS) is 22.2. The molecule has 0 aliphatic rings. The second kappa shape index (κ2) is 12.0. The topological polar surface area (TPSA) is 195 Å². The molecule has 24 heavy (non-hydrogen) atoms. The van der Waals surface area contributed by atoms with Gasteiger partial charge in [-0.3, -0.25) is 0 Å². The lowest BCUT2D eigenvalue weighted by Crippen LogP contribution is -2.51. The van der Waals surface area contributed by atoms with Gasteiger partial charge >= 0.3 is 0 Å². The van der Waals surface area contributed by atoms with Crippen molar-refractivity contribution in [3.8, 4) is 0 Å². The third-order valence-electron chi connectivity index (χ3n) is 3.34. The van der Waals surface area contributed by atoms with Crippen LogP contribution in [-0.4, -0.2) is 112 Å². The molecule has 0 aliphatic carbocycles. The lowest BCUT2D eigenvalue weighted by atomic mass is 10.1. The van der Waals surface area contributed by atoms with Gasteiger partial charge in [-0.15, -0.1) is 0 Å². The Morgan fingerprint density at radius 3 is 1.88 bits per heavy atom. The first-order valence-electron chi connectivity index (χ1n) is 7.37. The molecular weight excluding hydrogens is 330 g/mol. The summed E-state index contributed by atoms with van der Waals surface area (Å²) in [6, 6.07) is 0. The van der Waals surface area contributed by atoms with Crippen LogP contribution in [0, 0.1) is 0 Å². The quantitative estimate of drug-likeness (QED) is 0.147. The number of methoxy groups -OCH3 is 1. The molecule has 8 unspecified atom stereocenters. The molecule has 0 heterocycles. The van der Waals surface area contributed by atoms with Gasteiger partial charge in [0.15, 0.2) is 6.29 Å². The van der Waals surface area contributed by atoms with Gasteiger partial charge in [0.05, 0.1) is 25.9 Å². The van der Waals surface area contributed by atoms with Crippen LogP contribution in [-0.2, 0) is 14.2 Å². The number of hydrogen-bond donors (Lipinski definition) is 8. The lowest BCUT2D eigenvalue weighted by molar-refractivity contribution is -0.253. The highest BCUT2D eigenvalue weighted by Crippen LogP contribution is 2.12. The highest BCUT2D eigenvalue weighted by Gasteiger charge is 2.33. The highest BCUT2D eigenvalue weighted by atomic mass is 16.7. The molecule has 9 N–H and O–H groups in total. The minimum absolute atomic E-state index is 0.416. The zero-order valence-corrected chi connectivity index (χ0v) is 13.7. The van der Waals surface area contributed by atoms with Gasteiger partial charge in [0.25, 0.3) is 0 Å². The van der Waals surface area contributed by atoms with Crippen molar-refractivity contribution in [1.82, 2.24) is 0 Å². The van der Waals surface area contributed by atoms with Crippen LogP contribution in [0.2, 0.25) is 0 Å². The third-order valence-corrected chi connectivity index (χ3v) is 3.34. The molecule has 0 saturated carbocycles. The molecule has 8 atom stereocenters. The van der Waals surface area contributed by atoms with Crippen LogP contribution in [0.4, 0.5) is 0 Å². The van der Waals surface area contributed by atoms with Gasteiger partial charge < -0.3 is 55.7 Å². The van der Waals surface area contributed by atoms with Crippen LogP contribution >= 0.6 is 0 Å². The van der Waals surface area contributed by atoms with E-state index >= 15 is 0 Å². The Kier molecular flexibility index (Phi) is 11.8. The molecule has 11 heteroatoms. The van der Waals surface area contributed by atoms with Crippen molar-refractivity contribution in [3.63, 3.8) is 0 Å². The zero-order valence-electron chi connectivity index (χ0n) is 13.7. The van der Waals surface area contributed by atoms with Gasteiger partial charge in [-0.2, -0.15) is 0 Å². The number of rotatable bonds is 13. The molecule has 0 aliphatic heterocycles. The van der Waals surface area contributed by atoms with Crippen LogP contribution in [0.5, 0.6) is 0 Å². The monoisotopic (exact) mass is 359 g/mol. The van der Waals surface area contributed by atoms with Crippen molar-refractivity contribution in [2.24, 2.45) is 5.73 Å². The van der Waals surface area contributed by atoms with Gasteiger partial charge in [-0.05, 0) is 6.92 Å². The number of nitrogens with two attached hydrogens (primary N) is 1. The first-order valence-corrected chi connectivity index (χ1v) is 7.37. The van der Waals surface area contributed by atoms with Crippen molar-refractivity contribution in [2.75, 3.05) is 26.9 Å². The Hall–Kier alpha value is -0.440. The van der Waals surface area contributed by atoms with E-state index < -0.39 is 69.0 Å². The Labute approximate surface area is 139 Å². The summed E-state index contributed by atoms with van der Waals surface area (Å²) in [5.74, 6) is 0. The lowest BCUT2D eigenvalue weighted by Gasteiger charge is -2.31. The van der Waals surface area contributed by atoms with Gasteiger partial charge in [0.2, 0.25) is 0 Å². The summed E-state index contributed by atoms with van der Waals surface area (Å²) in [6.45, 7) is -0.359. The van der Waals surface area contributed by atoms with Crippen molar-refractivity contribution in [1.29, 1.82) is 0 Å². The molecule has 0 rings (SSSR count). The summed E-state index contributed by atoms with van der Waals surface area (Å²) in [4.78, 5) is 0. The predicted molar refractivity (Wildman–Crippen MR) is 79.5 cm³/mol. The van der Waals surface area contributed by atoms with Crippen LogP contribution in [0.1, 0.15) is 6.92 Å². The number of aliphatic hydroxyl groups excluding tert-OH is 7. The largest absolute Gasteiger partial charge is 0.394 e. The average molecular weight is 359 g/mol. The summed E-state index contributed by atoms with van der Waals surface area (Å²) in [7, 11) is 1.21. The number of hydrogen-bond acceptors (Lipinski definition) is 11. The molecule has 0 aromatic carbocycles. The van der Waals surface area contributed by atoms with Gasteiger partial charge in [0, 0.05) is 7.11 Å². The molecule has 0 fully saturated rings. The molecule has 0 saturated heterocycles. The SMILES string of the molecule is COC(COC(OC(CO)C(C)O)C(O)CO)C(O)C(O)C(N)O. The second-order valence-electron chi connectivity index (χ2n) is 5.30. The van der Waals surface area contributed by atoms with Crippen molar-refractivity contribution in [3.05, 3.63) is 0 Å². The maximum absolute atomic E-state index is 9.85. The maximum Gasteiger partial charge on any atom is 0.186 e. The van der Waals surface area contributed by atoms with E-state index in [4.69, 9.17) is 35.3 Å². The fraction of sp³-hybridized carbons (Fsp3) is 1.00. The third kappa shape index (κ3) is 7.63. The molecule has 0 radical (unpaired) electrons. The van der Waals surface area contributed by atoms with E-state index in [0.717, 1.165) is 0 Å². The smallest absolute Gasteiger partial charge is 0.186 e. The molecule has 146 valence electrons. The van der Waals surface area contributed by atoms with Gasteiger partial charge in [0.1, 0.15) is 36.7 Å². The Morgan fingerprint density at radius 1 is 0.917 bits per heavy atom. The van der Waals surface area contributed by atoms with E-state index in [0.29, 0.717) is 0 Å².